The van der Waals surface area contributed by atoms with Gasteiger partial charge in [0.25, 0.3) is 0 Å². The molecule has 0 radical (unpaired) electrons. The lowest BCUT2D eigenvalue weighted by Gasteiger charge is -2.05. The molecule has 1 N–H and O–H groups in total. The molecule has 1 rings (SSSR count). The van der Waals surface area contributed by atoms with Crippen molar-refractivity contribution in [3.05, 3.63) is 29.8 Å². The van der Waals surface area contributed by atoms with Crippen molar-refractivity contribution >= 4 is 5.69 Å². The molecular weight excluding hydrogens is 182 g/mol. The highest BCUT2D eigenvalue weighted by Crippen LogP contribution is 2.08. The van der Waals surface area contributed by atoms with Crippen molar-refractivity contribution in [2.75, 3.05) is 11.9 Å². The van der Waals surface area contributed by atoms with Crippen molar-refractivity contribution in [2.45, 2.75) is 47.0 Å². The van der Waals surface area contributed by atoms with Crippen LogP contribution in [0.25, 0.3) is 0 Å². The second kappa shape index (κ2) is 9.57. The lowest BCUT2D eigenvalue weighted by Crippen LogP contribution is -2.00. The van der Waals surface area contributed by atoms with Gasteiger partial charge in [0.2, 0.25) is 0 Å². The SMILES string of the molecule is CC.CCCCCNc1ccc(C)cc1. The molecule has 1 aromatic carbocycles. The number of hydrogen-bond donors (Lipinski definition) is 1. The molecule has 0 aromatic heterocycles. The Kier molecular flexibility index (Phi) is 8.95. The standard InChI is InChI=1S/C12H19N.C2H6/c1-3-4-5-10-13-12-8-6-11(2)7-9-12;1-2/h6-9,13H,3-5,10H2,1-2H3;1-2H3. The molecule has 0 fully saturated rings. The van der Waals surface area contributed by atoms with Crippen molar-refractivity contribution in [2.24, 2.45) is 0 Å². The van der Waals surface area contributed by atoms with Crippen molar-refractivity contribution in [3.63, 3.8) is 0 Å². The number of benzene rings is 1. The lowest BCUT2D eigenvalue weighted by atomic mass is 10.2. The minimum atomic E-state index is 1.09. The molecule has 1 nitrogen and oxygen atoms in total. The molecule has 0 bridgehead atoms. The van der Waals surface area contributed by atoms with Crippen LogP contribution in [0.3, 0.4) is 0 Å². The molecule has 15 heavy (non-hydrogen) atoms. The predicted octanol–water partition coefficient (Wildman–Crippen LogP) is 4.62. The van der Waals surface area contributed by atoms with E-state index < -0.39 is 0 Å². The van der Waals surface area contributed by atoms with Crippen LogP contribution < -0.4 is 5.32 Å². The maximum atomic E-state index is 3.41. The van der Waals surface area contributed by atoms with E-state index in [4.69, 9.17) is 0 Å². The molecule has 0 heterocycles. The highest BCUT2D eigenvalue weighted by atomic mass is 14.9. The van der Waals surface area contributed by atoms with E-state index in [2.05, 4.69) is 43.4 Å². The molecule has 86 valence electrons. The fourth-order valence-electron chi connectivity index (χ4n) is 1.28. The first-order valence-electron chi connectivity index (χ1n) is 6.13. The molecule has 0 atom stereocenters. The Morgan fingerprint density at radius 2 is 1.60 bits per heavy atom. The number of hydrogen-bond acceptors (Lipinski definition) is 1. The zero-order valence-corrected chi connectivity index (χ0v) is 10.6. The predicted molar refractivity (Wildman–Crippen MR) is 70.5 cm³/mol. The normalized spacial score (nSPS) is 9.07. The Labute approximate surface area is 94.9 Å². The summed E-state index contributed by atoms with van der Waals surface area (Å²) in [4.78, 5) is 0. The van der Waals surface area contributed by atoms with E-state index in [9.17, 15) is 0 Å². The summed E-state index contributed by atoms with van der Waals surface area (Å²) in [6, 6.07) is 8.56. The van der Waals surface area contributed by atoms with Gasteiger partial charge in [-0.3, -0.25) is 0 Å². The van der Waals surface area contributed by atoms with Crippen LogP contribution in [0.4, 0.5) is 5.69 Å². The molecule has 0 amide bonds. The Morgan fingerprint density at radius 3 is 2.13 bits per heavy atom. The summed E-state index contributed by atoms with van der Waals surface area (Å²) in [6.45, 7) is 9.43. The Morgan fingerprint density at radius 1 is 1.00 bits per heavy atom. The van der Waals surface area contributed by atoms with Crippen LogP contribution in [0, 0.1) is 6.92 Å². The maximum absolute atomic E-state index is 3.41. The van der Waals surface area contributed by atoms with Gasteiger partial charge in [-0.2, -0.15) is 0 Å². The van der Waals surface area contributed by atoms with Gasteiger partial charge in [-0.1, -0.05) is 51.3 Å². The molecule has 0 aliphatic heterocycles. The number of anilines is 1. The van der Waals surface area contributed by atoms with E-state index >= 15 is 0 Å². The van der Waals surface area contributed by atoms with Crippen molar-refractivity contribution < 1.29 is 0 Å². The van der Waals surface area contributed by atoms with Crippen LogP contribution in [-0.4, -0.2) is 6.54 Å². The van der Waals surface area contributed by atoms with E-state index in [1.165, 1.54) is 30.5 Å². The van der Waals surface area contributed by atoms with Gasteiger partial charge in [0.05, 0.1) is 0 Å². The number of rotatable bonds is 5. The zero-order chi connectivity index (χ0) is 11.5. The molecule has 0 saturated carbocycles. The van der Waals surface area contributed by atoms with Gasteiger partial charge in [0.1, 0.15) is 0 Å². The van der Waals surface area contributed by atoms with Crippen molar-refractivity contribution in [1.29, 1.82) is 0 Å². The van der Waals surface area contributed by atoms with Gasteiger partial charge in [-0.15, -0.1) is 0 Å². The summed E-state index contributed by atoms with van der Waals surface area (Å²) in [5.74, 6) is 0. The van der Waals surface area contributed by atoms with Gasteiger partial charge in [0.15, 0.2) is 0 Å². The number of nitrogens with one attached hydrogen (secondary N) is 1. The van der Waals surface area contributed by atoms with Crippen LogP contribution in [0.1, 0.15) is 45.6 Å². The Hall–Kier alpha value is -0.980. The van der Waals surface area contributed by atoms with E-state index in [1.54, 1.807) is 0 Å². The van der Waals surface area contributed by atoms with Crippen LogP contribution in [0.2, 0.25) is 0 Å². The lowest BCUT2D eigenvalue weighted by molar-refractivity contribution is 0.744. The van der Waals surface area contributed by atoms with Crippen LogP contribution in [0.5, 0.6) is 0 Å². The number of unbranched alkanes of at least 4 members (excludes halogenated alkanes) is 2. The molecule has 0 unspecified atom stereocenters. The summed E-state index contributed by atoms with van der Waals surface area (Å²) in [5, 5.41) is 3.41. The minimum Gasteiger partial charge on any atom is -0.385 e. The molecule has 0 spiro atoms. The third-order valence-corrected chi connectivity index (χ3v) is 2.16. The van der Waals surface area contributed by atoms with Gasteiger partial charge >= 0.3 is 0 Å². The second-order valence-corrected chi connectivity index (χ2v) is 3.50. The molecule has 1 heteroatoms. The fourth-order valence-corrected chi connectivity index (χ4v) is 1.28. The van der Waals surface area contributed by atoms with Gasteiger partial charge in [0, 0.05) is 12.2 Å². The monoisotopic (exact) mass is 207 g/mol. The van der Waals surface area contributed by atoms with Gasteiger partial charge in [-0.05, 0) is 25.5 Å². The largest absolute Gasteiger partial charge is 0.385 e. The molecular formula is C14H25N. The molecule has 0 aliphatic rings. The first kappa shape index (κ1) is 14.0. The van der Waals surface area contributed by atoms with Gasteiger partial charge in [-0.25, -0.2) is 0 Å². The first-order valence-corrected chi connectivity index (χ1v) is 6.13. The molecule has 0 saturated heterocycles. The second-order valence-electron chi connectivity index (χ2n) is 3.50. The maximum Gasteiger partial charge on any atom is 0.0340 e. The average Bonchev–Trinajstić information content (AvgIpc) is 2.30. The summed E-state index contributed by atoms with van der Waals surface area (Å²) < 4.78 is 0. The Balaban J connectivity index is 0.000000921. The molecule has 1 aromatic rings. The summed E-state index contributed by atoms with van der Waals surface area (Å²) in [6.07, 6.45) is 3.87. The Bertz CT molecular complexity index is 226. The quantitative estimate of drug-likeness (QED) is 0.694. The first-order chi connectivity index (χ1) is 7.33. The summed E-state index contributed by atoms with van der Waals surface area (Å²) >= 11 is 0. The third kappa shape index (κ3) is 7.01. The van der Waals surface area contributed by atoms with Crippen LogP contribution in [0.15, 0.2) is 24.3 Å². The van der Waals surface area contributed by atoms with Crippen LogP contribution >= 0.6 is 0 Å². The van der Waals surface area contributed by atoms with E-state index in [0.717, 1.165) is 6.54 Å². The smallest absolute Gasteiger partial charge is 0.0340 e. The summed E-state index contributed by atoms with van der Waals surface area (Å²) in [5.41, 5.74) is 2.56. The third-order valence-electron chi connectivity index (χ3n) is 2.16. The van der Waals surface area contributed by atoms with E-state index in [1.807, 2.05) is 13.8 Å². The van der Waals surface area contributed by atoms with E-state index in [-0.39, 0.29) is 0 Å². The highest BCUT2D eigenvalue weighted by molar-refractivity contribution is 5.44. The molecule has 0 aliphatic carbocycles. The number of aryl methyl sites for hydroxylation is 1. The fraction of sp³-hybridized carbons (Fsp3) is 0.571. The minimum absolute atomic E-state index is 1.09. The summed E-state index contributed by atoms with van der Waals surface area (Å²) in [7, 11) is 0. The topological polar surface area (TPSA) is 12.0 Å². The van der Waals surface area contributed by atoms with Crippen molar-refractivity contribution in [1.82, 2.24) is 0 Å². The average molecular weight is 207 g/mol. The van der Waals surface area contributed by atoms with Crippen LogP contribution in [-0.2, 0) is 0 Å². The highest BCUT2D eigenvalue weighted by Gasteiger charge is 1.90. The van der Waals surface area contributed by atoms with Crippen molar-refractivity contribution in [3.8, 4) is 0 Å². The zero-order valence-electron chi connectivity index (χ0n) is 10.6. The van der Waals surface area contributed by atoms with Gasteiger partial charge < -0.3 is 5.32 Å². The van der Waals surface area contributed by atoms with E-state index in [0.29, 0.717) is 0 Å².